The molecule has 2 N–H and O–H groups in total. The number of rotatable bonds is 5. The Hall–Kier alpha value is -1.35. The van der Waals surface area contributed by atoms with Crippen molar-refractivity contribution in [2.75, 3.05) is 13.6 Å². The van der Waals surface area contributed by atoms with Crippen LogP contribution in [-0.2, 0) is 10.3 Å². The number of hydrogen-bond donors (Lipinski definition) is 1. The minimum absolute atomic E-state index is 0.0333. The normalized spacial score (nSPS) is 15.8. The van der Waals surface area contributed by atoms with Crippen LogP contribution in [-0.4, -0.2) is 24.4 Å². The largest absolute Gasteiger partial charge is 0.344 e. The highest BCUT2D eigenvalue weighted by atomic mass is 16.2. The van der Waals surface area contributed by atoms with E-state index in [2.05, 4.69) is 13.8 Å². The zero-order chi connectivity index (χ0) is 13.8. The molecule has 0 fully saturated rings. The van der Waals surface area contributed by atoms with Crippen molar-refractivity contribution in [2.24, 2.45) is 11.7 Å². The molecule has 0 radical (unpaired) electrons. The van der Waals surface area contributed by atoms with Gasteiger partial charge in [0.1, 0.15) is 5.54 Å². The van der Waals surface area contributed by atoms with Gasteiger partial charge in [0.15, 0.2) is 0 Å². The van der Waals surface area contributed by atoms with E-state index < -0.39 is 5.54 Å². The maximum absolute atomic E-state index is 12.4. The van der Waals surface area contributed by atoms with Crippen molar-refractivity contribution >= 4 is 5.91 Å². The summed E-state index contributed by atoms with van der Waals surface area (Å²) in [5.41, 5.74) is 6.11. The van der Waals surface area contributed by atoms with Crippen LogP contribution in [0.3, 0.4) is 0 Å². The fourth-order valence-electron chi connectivity index (χ4n) is 1.98. The smallest absolute Gasteiger partial charge is 0.246 e. The molecule has 0 aliphatic heterocycles. The first kappa shape index (κ1) is 14.7. The molecule has 1 aromatic rings. The van der Waals surface area contributed by atoms with Crippen LogP contribution >= 0.6 is 0 Å². The Morgan fingerprint density at radius 3 is 2.44 bits per heavy atom. The molecule has 0 bridgehead atoms. The number of nitrogens with zero attached hydrogens (tertiary/aromatic N) is 1. The SMILES string of the molecule is CCC(C)CN(C)C(=O)C(C)(N)c1ccccc1. The van der Waals surface area contributed by atoms with Crippen LogP contribution in [0.2, 0.25) is 0 Å². The molecule has 3 heteroatoms. The van der Waals surface area contributed by atoms with Crippen LogP contribution in [0.25, 0.3) is 0 Å². The Balaban J connectivity index is 2.82. The van der Waals surface area contributed by atoms with Gasteiger partial charge in [0.05, 0.1) is 0 Å². The molecule has 1 aromatic carbocycles. The number of carbonyl (C=O) groups excluding carboxylic acids is 1. The predicted octanol–water partition coefficient (Wildman–Crippen LogP) is 2.37. The molecule has 18 heavy (non-hydrogen) atoms. The molecule has 0 aliphatic rings. The quantitative estimate of drug-likeness (QED) is 0.869. The van der Waals surface area contributed by atoms with Crippen molar-refractivity contribution in [2.45, 2.75) is 32.7 Å². The minimum Gasteiger partial charge on any atom is -0.344 e. The molecule has 0 heterocycles. The van der Waals surface area contributed by atoms with E-state index >= 15 is 0 Å². The fourth-order valence-corrected chi connectivity index (χ4v) is 1.98. The van der Waals surface area contributed by atoms with Crippen molar-refractivity contribution in [3.05, 3.63) is 35.9 Å². The Morgan fingerprint density at radius 1 is 1.39 bits per heavy atom. The monoisotopic (exact) mass is 248 g/mol. The topological polar surface area (TPSA) is 46.3 Å². The molecule has 0 saturated carbocycles. The standard InChI is InChI=1S/C15H24N2O/c1-5-12(2)11-17(4)14(18)15(3,16)13-9-7-6-8-10-13/h6-10,12H,5,11,16H2,1-4H3. The highest BCUT2D eigenvalue weighted by Gasteiger charge is 2.33. The van der Waals surface area contributed by atoms with Gasteiger partial charge in [-0.2, -0.15) is 0 Å². The average Bonchev–Trinajstić information content (AvgIpc) is 2.38. The number of likely N-dealkylation sites (N-methyl/N-ethyl adjacent to an activating group) is 1. The third kappa shape index (κ3) is 3.33. The number of benzene rings is 1. The molecule has 2 atom stereocenters. The van der Waals surface area contributed by atoms with Gasteiger partial charge >= 0.3 is 0 Å². The number of nitrogens with two attached hydrogens (primary N) is 1. The van der Waals surface area contributed by atoms with Crippen molar-refractivity contribution < 1.29 is 4.79 Å². The number of carbonyl (C=O) groups is 1. The predicted molar refractivity (Wildman–Crippen MR) is 75.1 cm³/mol. The molecule has 1 rings (SSSR count). The molecular formula is C15H24N2O. The van der Waals surface area contributed by atoms with E-state index in [0.29, 0.717) is 5.92 Å². The first-order chi connectivity index (χ1) is 8.39. The van der Waals surface area contributed by atoms with Gasteiger partial charge in [0.2, 0.25) is 5.91 Å². The maximum Gasteiger partial charge on any atom is 0.246 e. The summed E-state index contributed by atoms with van der Waals surface area (Å²) in [6.07, 6.45) is 1.06. The van der Waals surface area contributed by atoms with Crippen LogP contribution in [0.4, 0.5) is 0 Å². The summed E-state index contributed by atoms with van der Waals surface area (Å²) in [6.45, 7) is 6.79. The van der Waals surface area contributed by atoms with Crippen molar-refractivity contribution in [3.63, 3.8) is 0 Å². The van der Waals surface area contributed by atoms with E-state index in [9.17, 15) is 4.79 Å². The Morgan fingerprint density at radius 2 is 1.94 bits per heavy atom. The van der Waals surface area contributed by atoms with Gasteiger partial charge in [-0.15, -0.1) is 0 Å². The van der Waals surface area contributed by atoms with E-state index in [0.717, 1.165) is 18.5 Å². The zero-order valence-electron chi connectivity index (χ0n) is 11.8. The van der Waals surface area contributed by atoms with Crippen molar-refractivity contribution in [1.82, 2.24) is 4.90 Å². The van der Waals surface area contributed by atoms with Crippen LogP contribution in [0, 0.1) is 5.92 Å². The highest BCUT2D eigenvalue weighted by Crippen LogP contribution is 2.20. The van der Waals surface area contributed by atoms with E-state index in [4.69, 9.17) is 5.73 Å². The Kier molecular flexibility index (Phi) is 4.91. The summed E-state index contributed by atoms with van der Waals surface area (Å²) in [5, 5.41) is 0. The van der Waals surface area contributed by atoms with Gasteiger partial charge in [0, 0.05) is 13.6 Å². The maximum atomic E-state index is 12.4. The summed E-state index contributed by atoms with van der Waals surface area (Å²) < 4.78 is 0. The third-order valence-electron chi connectivity index (χ3n) is 3.45. The van der Waals surface area contributed by atoms with Gasteiger partial charge in [0.25, 0.3) is 0 Å². The van der Waals surface area contributed by atoms with E-state index in [1.54, 1.807) is 11.8 Å². The molecule has 0 aromatic heterocycles. The molecule has 0 spiro atoms. The lowest BCUT2D eigenvalue weighted by Gasteiger charge is -2.31. The Bertz CT molecular complexity index is 387. The summed E-state index contributed by atoms with van der Waals surface area (Å²) in [6, 6.07) is 9.53. The van der Waals surface area contributed by atoms with Crippen LogP contribution < -0.4 is 5.73 Å². The van der Waals surface area contributed by atoms with Gasteiger partial charge < -0.3 is 10.6 Å². The lowest BCUT2D eigenvalue weighted by Crippen LogP contribution is -2.50. The lowest BCUT2D eigenvalue weighted by molar-refractivity contribution is -0.135. The average molecular weight is 248 g/mol. The molecule has 2 unspecified atom stereocenters. The first-order valence-corrected chi connectivity index (χ1v) is 6.49. The minimum atomic E-state index is -0.955. The summed E-state index contributed by atoms with van der Waals surface area (Å²) >= 11 is 0. The first-order valence-electron chi connectivity index (χ1n) is 6.49. The van der Waals surface area contributed by atoms with Gasteiger partial charge in [-0.1, -0.05) is 50.6 Å². The molecule has 0 saturated heterocycles. The number of hydrogen-bond acceptors (Lipinski definition) is 2. The molecule has 0 aliphatic carbocycles. The zero-order valence-corrected chi connectivity index (χ0v) is 11.8. The Labute approximate surface area is 110 Å². The number of amides is 1. The van der Waals surface area contributed by atoms with Gasteiger partial charge in [-0.25, -0.2) is 0 Å². The van der Waals surface area contributed by atoms with Gasteiger partial charge in [-0.3, -0.25) is 4.79 Å². The highest BCUT2D eigenvalue weighted by molar-refractivity contribution is 5.86. The van der Waals surface area contributed by atoms with E-state index in [1.807, 2.05) is 37.4 Å². The van der Waals surface area contributed by atoms with Crippen LogP contribution in [0.1, 0.15) is 32.8 Å². The summed E-state index contributed by atoms with van der Waals surface area (Å²) in [4.78, 5) is 14.2. The fraction of sp³-hybridized carbons (Fsp3) is 0.533. The third-order valence-corrected chi connectivity index (χ3v) is 3.45. The molecule has 1 amide bonds. The lowest BCUT2D eigenvalue weighted by atomic mass is 9.91. The second-order valence-electron chi connectivity index (χ2n) is 5.27. The van der Waals surface area contributed by atoms with Crippen molar-refractivity contribution in [1.29, 1.82) is 0 Å². The van der Waals surface area contributed by atoms with Gasteiger partial charge in [-0.05, 0) is 18.4 Å². The van der Waals surface area contributed by atoms with E-state index in [-0.39, 0.29) is 5.91 Å². The van der Waals surface area contributed by atoms with E-state index in [1.165, 1.54) is 0 Å². The van der Waals surface area contributed by atoms with Crippen LogP contribution in [0.5, 0.6) is 0 Å². The second-order valence-corrected chi connectivity index (χ2v) is 5.27. The second kappa shape index (κ2) is 6.01. The van der Waals surface area contributed by atoms with Crippen molar-refractivity contribution in [3.8, 4) is 0 Å². The molecule has 100 valence electrons. The summed E-state index contributed by atoms with van der Waals surface area (Å²) in [5.74, 6) is 0.458. The van der Waals surface area contributed by atoms with Crippen LogP contribution in [0.15, 0.2) is 30.3 Å². The molecule has 3 nitrogen and oxygen atoms in total. The molecular weight excluding hydrogens is 224 g/mol. The summed E-state index contributed by atoms with van der Waals surface area (Å²) in [7, 11) is 1.82.